The molecular weight excluding hydrogens is 447 g/mol. The third-order valence-electron chi connectivity index (χ3n) is 5.12. The molecule has 0 saturated carbocycles. The number of nitrogens with zero attached hydrogens (tertiary/aromatic N) is 2. The highest BCUT2D eigenvalue weighted by atomic mass is 32.1. The van der Waals surface area contributed by atoms with Crippen molar-refractivity contribution < 1.29 is 14.0 Å². The highest BCUT2D eigenvalue weighted by Crippen LogP contribution is 2.21. The van der Waals surface area contributed by atoms with E-state index in [9.17, 15) is 14.0 Å². The monoisotopic (exact) mass is 468 g/mol. The molecule has 1 aliphatic heterocycles. The van der Waals surface area contributed by atoms with Crippen LogP contribution in [0.4, 0.5) is 15.8 Å². The topological polar surface area (TPSA) is 64.7 Å². The van der Waals surface area contributed by atoms with Gasteiger partial charge in [0.05, 0.1) is 4.88 Å². The number of rotatable bonds is 4. The number of amides is 2. The molecule has 0 radical (unpaired) electrons. The lowest BCUT2D eigenvalue weighted by Crippen LogP contribution is -2.48. The fourth-order valence-electron chi connectivity index (χ4n) is 3.42. The highest BCUT2D eigenvalue weighted by Gasteiger charge is 2.22. The van der Waals surface area contributed by atoms with Gasteiger partial charge in [-0.2, -0.15) is 0 Å². The van der Waals surface area contributed by atoms with Gasteiger partial charge in [-0.15, -0.1) is 11.3 Å². The molecule has 0 unspecified atom stereocenters. The molecule has 0 spiro atoms. The van der Waals surface area contributed by atoms with Gasteiger partial charge in [-0.3, -0.25) is 14.9 Å². The number of thiophene rings is 1. The number of benzene rings is 2. The van der Waals surface area contributed by atoms with Gasteiger partial charge >= 0.3 is 0 Å². The lowest BCUT2D eigenvalue weighted by Gasteiger charge is -2.36. The van der Waals surface area contributed by atoms with E-state index in [1.165, 1.54) is 35.6 Å². The maximum atomic E-state index is 13.0. The second kappa shape index (κ2) is 9.88. The Kier molecular flexibility index (Phi) is 6.77. The summed E-state index contributed by atoms with van der Waals surface area (Å²) in [5.41, 5.74) is 2.12. The van der Waals surface area contributed by atoms with Crippen LogP contribution in [0.25, 0.3) is 0 Å². The first-order valence-corrected chi connectivity index (χ1v) is 11.3. The van der Waals surface area contributed by atoms with E-state index < -0.39 is 11.7 Å². The predicted octanol–water partition coefficient (Wildman–Crippen LogP) is 3.98. The van der Waals surface area contributed by atoms with Gasteiger partial charge in [0.15, 0.2) is 5.11 Å². The first-order valence-electron chi connectivity index (χ1n) is 10.1. The smallest absolute Gasteiger partial charge is 0.264 e. The van der Waals surface area contributed by atoms with Gasteiger partial charge in [-0.1, -0.05) is 6.07 Å². The second-order valence-electron chi connectivity index (χ2n) is 7.22. The third kappa shape index (κ3) is 5.30. The number of halogens is 1. The molecule has 6 nitrogen and oxygen atoms in total. The number of piperazine rings is 1. The highest BCUT2D eigenvalue weighted by molar-refractivity contribution is 7.80. The Balaban J connectivity index is 1.28. The number of anilines is 2. The van der Waals surface area contributed by atoms with E-state index in [0.717, 1.165) is 29.3 Å². The molecule has 32 heavy (non-hydrogen) atoms. The lowest BCUT2D eigenvalue weighted by atomic mass is 10.2. The molecule has 2 aromatic carbocycles. The van der Waals surface area contributed by atoms with E-state index >= 15 is 0 Å². The largest absolute Gasteiger partial charge is 0.368 e. The van der Waals surface area contributed by atoms with Crippen molar-refractivity contribution in [2.75, 3.05) is 36.4 Å². The maximum Gasteiger partial charge on any atom is 0.264 e. The van der Waals surface area contributed by atoms with E-state index in [-0.39, 0.29) is 11.0 Å². The molecule has 0 bridgehead atoms. The van der Waals surface area contributed by atoms with Crippen molar-refractivity contribution >= 4 is 51.9 Å². The van der Waals surface area contributed by atoms with Crippen LogP contribution in [0.15, 0.2) is 66.0 Å². The van der Waals surface area contributed by atoms with Crippen molar-refractivity contribution in [3.8, 4) is 0 Å². The summed E-state index contributed by atoms with van der Waals surface area (Å²) in [6.45, 7) is 2.87. The molecule has 0 atom stereocenters. The average Bonchev–Trinajstić information content (AvgIpc) is 3.34. The Morgan fingerprint density at radius 3 is 2.25 bits per heavy atom. The first kappa shape index (κ1) is 21.9. The van der Waals surface area contributed by atoms with Crippen LogP contribution in [0.3, 0.4) is 0 Å². The van der Waals surface area contributed by atoms with E-state index in [1.54, 1.807) is 0 Å². The van der Waals surface area contributed by atoms with Crippen LogP contribution in [0.1, 0.15) is 20.0 Å². The van der Waals surface area contributed by atoms with Crippen LogP contribution in [0.5, 0.6) is 0 Å². The quantitative estimate of drug-likeness (QED) is 0.567. The summed E-state index contributed by atoms with van der Waals surface area (Å²) in [7, 11) is 0. The zero-order valence-corrected chi connectivity index (χ0v) is 18.7. The molecule has 1 aliphatic rings. The molecule has 1 saturated heterocycles. The van der Waals surface area contributed by atoms with Crippen molar-refractivity contribution in [2.24, 2.45) is 0 Å². The van der Waals surface area contributed by atoms with Gasteiger partial charge in [-0.05, 0) is 72.2 Å². The van der Waals surface area contributed by atoms with Gasteiger partial charge in [0, 0.05) is 43.1 Å². The van der Waals surface area contributed by atoms with Gasteiger partial charge in [0.1, 0.15) is 5.82 Å². The van der Waals surface area contributed by atoms with Crippen LogP contribution >= 0.6 is 23.6 Å². The molecule has 2 heterocycles. The summed E-state index contributed by atoms with van der Waals surface area (Å²) in [5.74, 6) is -0.720. The summed E-state index contributed by atoms with van der Waals surface area (Å²) >= 11 is 6.67. The molecule has 2 N–H and O–H groups in total. The van der Waals surface area contributed by atoms with Crippen LogP contribution in [0, 0.1) is 5.82 Å². The Hall–Kier alpha value is -3.30. The number of nitrogens with one attached hydrogen (secondary N) is 2. The van der Waals surface area contributed by atoms with Gasteiger partial charge in [-0.25, -0.2) is 4.39 Å². The molecule has 4 rings (SSSR count). The number of carbonyl (C=O) groups excluding carboxylic acids is 2. The molecule has 164 valence electrons. The fourth-order valence-corrected chi connectivity index (χ4v) is 4.32. The predicted molar refractivity (Wildman–Crippen MR) is 129 cm³/mol. The minimum Gasteiger partial charge on any atom is -0.368 e. The third-order valence-corrected chi connectivity index (χ3v) is 6.18. The van der Waals surface area contributed by atoms with E-state index in [0.29, 0.717) is 18.7 Å². The zero-order chi connectivity index (χ0) is 22.5. The standard InChI is InChI=1S/C23H21FN4O2S2/c24-17-5-3-16(4-6-17)21(29)26-23(31)25-18-7-9-19(10-8-18)27-11-13-28(14-12-27)22(30)20-2-1-15-32-20/h1-10,15H,11-14H2,(H2,25,26,29,31). The molecule has 1 fully saturated rings. The Labute approximate surface area is 194 Å². The summed E-state index contributed by atoms with van der Waals surface area (Å²) in [6, 6.07) is 16.7. The number of hydrogen-bond acceptors (Lipinski definition) is 5. The fraction of sp³-hybridized carbons (Fsp3) is 0.174. The Bertz CT molecular complexity index is 1090. The van der Waals surface area contributed by atoms with Gasteiger partial charge < -0.3 is 15.1 Å². The maximum absolute atomic E-state index is 13.0. The molecular formula is C23H21FN4O2S2. The van der Waals surface area contributed by atoms with E-state index in [4.69, 9.17) is 12.2 Å². The SMILES string of the molecule is O=C(NC(=S)Nc1ccc(N2CCN(C(=O)c3cccs3)CC2)cc1)c1ccc(F)cc1. The summed E-state index contributed by atoms with van der Waals surface area (Å²) in [6.07, 6.45) is 0. The Morgan fingerprint density at radius 2 is 1.62 bits per heavy atom. The van der Waals surface area contributed by atoms with Gasteiger partial charge in [0.2, 0.25) is 0 Å². The summed E-state index contributed by atoms with van der Waals surface area (Å²) in [5, 5.41) is 7.63. The van der Waals surface area contributed by atoms with Crippen LogP contribution in [0.2, 0.25) is 0 Å². The summed E-state index contributed by atoms with van der Waals surface area (Å²) in [4.78, 5) is 29.6. The minimum absolute atomic E-state index is 0.0930. The van der Waals surface area contributed by atoms with E-state index in [2.05, 4.69) is 15.5 Å². The van der Waals surface area contributed by atoms with Crippen molar-refractivity contribution in [2.45, 2.75) is 0 Å². The Morgan fingerprint density at radius 1 is 0.938 bits per heavy atom. The minimum atomic E-state index is -0.408. The molecule has 1 aromatic heterocycles. The van der Waals surface area contributed by atoms with Crippen molar-refractivity contribution in [3.63, 3.8) is 0 Å². The molecule has 9 heteroatoms. The zero-order valence-electron chi connectivity index (χ0n) is 17.1. The van der Waals surface area contributed by atoms with Gasteiger partial charge in [0.25, 0.3) is 11.8 Å². The summed E-state index contributed by atoms with van der Waals surface area (Å²) < 4.78 is 13.0. The van der Waals surface area contributed by atoms with Crippen molar-refractivity contribution in [3.05, 3.63) is 82.3 Å². The molecule has 3 aromatic rings. The van der Waals surface area contributed by atoms with Crippen LogP contribution < -0.4 is 15.5 Å². The first-order chi connectivity index (χ1) is 15.5. The van der Waals surface area contributed by atoms with Crippen molar-refractivity contribution in [1.82, 2.24) is 10.2 Å². The average molecular weight is 469 g/mol. The molecule has 2 amide bonds. The van der Waals surface area contributed by atoms with Crippen molar-refractivity contribution in [1.29, 1.82) is 0 Å². The normalized spacial score (nSPS) is 13.5. The molecule has 0 aliphatic carbocycles. The van der Waals surface area contributed by atoms with E-state index in [1.807, 2.05) is 46.7 Å². The number of hydrogen-bond donors (Lipinski definition) is 2. The van der Waals surface area contributed by atoms with Crippen LogP contribution in [-0.4, -0.2) is 48.0 Å². The second-order valence-corrected chi connectivity index (χ2v) is 8.57. The number of thiocarbonyl (C=S) groups is 1. The van der Waals surface area contributed by atoms with Crippen LogP contribution in [-0.2, 0) is 0 Å². The lowest BCUT2D eigenvalue weighted by molar-refractivity contribution is 0.0751. The number of carbonyl (C=O) groups is 2.